The van der Waals surface area contributed by atoms with E-state index in [9.17, 15) is 0 Å². The van der Waals surface area contributed by atoms with E-state index in [0.717, 1.165) is 23.5 Å². The summed E-state index contributed by atoms with van der Waals surface area (Å²) >= 11 is 0. The molecule has 20 heavy (non-hydrogen) atoms. The number of ether oxygens (including phenoxy) is 3. The van der Waals surface area contributed by atoms with Gasteiger partial charge in [-0.25, -0.2) is 0 Å². The van der Waals surface area contributed by atoms with E-state index >= 15 is 0 Å². The van der Waals surface area contributed by atoms with E-state index < -0.39 is 0 Å². The zero-order valence-corrected chi connectivity index (χ0v) is 13.0. The lowest BCUT2D eigenvalue weighted by atomic mass is 9.97. The molecule has 0 radical (unpaired) electrons. The zero-order chi connectivity index (χ0) is 15.0. The Hall–Kier alpha value is -1.26. The molecule has 1 aliphatic rings. The minimum atomic E-state index is -0.321. The van der Waals surface area contributed by atoms with Crippen LogP contribution in [0.2, 0.25) is 0 Å². The number of nitrogens with two attached hydrogens (primary N) is 1. The molecular weight excluding hydrogens is 254 g/mol. The molecule has 1 heterocycles. The smallest absolute Gasteiger partial charge is 0.130 e. The maximum Gasteiger partial charge on any atom is 0.130 e. The minimum absolute atomic E-state index is 0.00472. The Balaban J connectivity index is 2.25. The summed E-state index contributed by atoms with van der Waals surface area (Å²) in [5.41, 5.74) is 6.27. The molecule has 0 bridgehead atoms. The maximum atomic E-state index is 6.21. The average Bonchev–Trinajstić information content (AvgIpc) is 2.57. The molecule has 1 atom stereocenters. The fourth-order valence-electron chi connectivity index (χ4n) is 2.79. The highest BCUT2D eigenvalue weighted by molar-refractivity contribution is 5.41. The summed E-state index contributed by atoms with van der Waals surface area (Å²) in [5, 5.41) is 0. The fourth-order valence-corrected chi connectivity index (χ4v) is 2.79. The Labute approximate surface area is 121 Å². The highest BCUT2D eigenvalue weighted by Gasteiger charge is 2.47. The standard InChI is InChI=1S/C16H25NO3/c1-15(2)9-14(16(3,4)20-15)19-13-8-12(18-5)7-6-11(13)10-17/h6-8,14H,9-10,17H2,1-5H3. The van der Waals surface area contributed by atoms with Gasteiger partial charge in [-0.05, 0) is 33.8 Å². The molecule has 2 rings (SSSR count). The van der Waals surface area contributed by atoms with Crippen LogP contribution in [0.1, 0.15) is 39.7 Å². The number of hydrogen-bond acceptors (Lipinski definition) is 4. The molecule has 4 heteroatoms. The molecule has 1 fully saturated rings. The molecule has 112 valence electrons. The van der Waals surface area contributed by atoms with Gasteiger partial charge in [0, 0.05) is 24.6 Å². The summed E-state index contributed by atoms with van der Waals surface area (Å²) in [6.07, 6.45) is 0.844. The van der Waals surface area contributed by atoms with Gasteiger partial charge in [0.05, 0.1) is 12.7 Å². The second kappa shape index (κ2) is 5.26. The molecule has 2 N–H and O–H groups in total. The van der Waals surface area contributed by atoms with Crippen molar-refractivity contribution in [2.45, 2.75) is 58.0 Å². The molecule has 1 aromatic carbocycles. The van der Waals surface area contributed by atoms with E-state index in [4.69, 9.17) is 19.9 Å². The van der Waals surface area contributed by atoms with Crippen molar-refractivity contribution < 1.29 is 14.2 Å². The Bertz CT molecular complexity index is 483. The zero-order valence-electron chi connectivity index (χ0n) is 13.0. The Morgan fingerprint density at radius 1 is 1.30 bits per heavy atom. The van der Waals surface area contributed by atoms with Crippen LogP contribution >= 0.6 is 0 Å². The van der Waals surface area contributed by atoms with Gasteiger partial charge in [-0.2, -0.15) is 0 Å². The molecule has 0 aromatic heterocycles. The number of methoxy groups -OCH3 is 1. The van der Waals surface area contributed by atoms with Crippen molar-refractivity contribution in [2.75, 3.05) is 7.11 Å². The van der Waals surface area contributed by atoms with E-state index in [-0.39, 0.29) is 17.3 Å². The average molecular weight is 279 g/mol. The van der Waals surface area contributed by atoms with E-state index in [1.807, 2.05) is 18.2 Å². The van der Waals surface area contributed by atoms with Gasteiger partial charge in [0.1, 0.15) is 23.2 Å². The van der Waals surface area contributed by atoms with E-state index in [0.29, 0.717) is 6.54 Å². The van der Waals surface area contributed by atoms with Gasteiger partial charge in [-0.15, -0.1) is 0 Å². The van der Waals surface area contributed by atoms with E-state index in [2.05, 4.69) is 27.7 Å². The first kappa shape index (κ1) is 15.1. The fraction of sp³-hybridized carbons (Fsp3) is 0.625. The number of hydrogen-bond donors (Lipinski definition) is 1. The molecular formula is C16H25NO3. The van der Waals surface area contributed by atoms with Gasteiger partial charge in [0.25, 0.3) is 0 Å². The molecule has 1 aliphatic heterocycles. The molecule has 0 saturated carbocycles. The SMILES string of the molecule is COc1ccc(CN)c(OC2CC(C)(C)OC2(C)C)c1. The monoisotopic (exact) mass is 279 g/mol. The summed E-state index contributed by atoms with van der Waals surface area (Å²) in [6, 6.07) is 5.74. The quantitative estimate of drug-likeness (QED) is 0.920. The Morgan fingerprint density at radius 3 is 2.50 bits per heavy atom. The van der Waals surface area contributed by atoms with Gasteiger partial charge in [0.15, 0.2) is 0 Å². The predicted molar refractivity (Wildman–Crippen MR) is 79.2 cm³/mol. The Morgan fingerprint density at radius 2 is 2.00 bits per heavy atom. The van der Waals surface area contributed by atoms with E-state index in [1.165, 1.54) is 0 Å². The predicted octanol–water partition coefficient (Wildman–Crippen LogP) is 2.88. The normalized spacial score (nSPS) is 23.6. The third-order valence-electron chi connectivity index (χ3n) is 3.76. The van der Waals surface area contributed by atoms with Gasteiger partial charge in [-0.1, -0.05) is 6.07 Å². The van der Waals surface area contributed by atoms with Crippen molar-refractivity contribution in [3.05, 3.63) is 23.8 Å². The first-order chi connectivity index (χ1) is 9.27. The summed E-state index contributed by atoms with van der Waals surface area (Å²) < 4.78 is 17.5. The van der Waals surface area contributed by atoms with Crippen LogP contribution in [0.4, 0.5) is 0 Å². The third kappa shape index (κ3) is 3.07. The van der Waals surface area contributed by atoms with Crippen molar-refractivity contribution in [1.82, 2.24) is 0 Å². The molecule has 1 aromatic rings. The van der Waals surface area contributed by atoms with Crippen molar-refractivity contribution in [2.24, 2.45) is 5.73 Å². The second-order valence-corrected chi connectivity index (χ2v) is 6.45. The first-order valence-corrected chi connectivity index (χ1v) is 7.01. The molecule has 0 amide bonds. The summed E-state index contributed by atoms with van der Waals surface area (Å²) in [6.45, 7) is 8.75. The van der Waals surface area contributed by atoms with Gasteiger partial charge >= 0.3 is 0 Å². The summed E-state index contributed by atoms with van der Waals surface area (Å²) in [5.74, 6) is 1.56. The van der Waals surface area contributed by atoms with Crippen molar-refractivity contribution >= 4 is 0 Å². The van der Waals surface area contributed by atoms with Crippen LogP contribution in [0.15, 0.2) is 18.2 Å². The molecule has 4 nitrogen and oxygen atoms in total. The minimum Gasteiger partial charge on any atom is -0.497 e. The van der Waals surface area contributed by atoms with E-state index in [1.54, 1.807) is 7.11 Å². The summed E-state index contributed by atoms with van der Waals surface area (Å²) in [7, 11) is 1.65. The van der Waals surface area contributed by atoms with Crippen LogP contribution in [0.5, 0.6) is 11.5 Å². The van der Waals surface area contributed by atoms with Crippen LogP contribution in [0.25, 0.3) is 0 Å². The second-order valence-electron chi connectivity index (χ2n) is 6.45. The van der Waals surface area contributed by atoms with Crippen LogP contribution in [-0.2, 0) is 11.3 Å². The summed E-state index contributed by atoms with van der Waals surface area (Å²) in [4.78, 5) is 0. The lowest BCUT2D eigenvalue weighted by molar-refractivity contribution is -0.0847. The highest BCUT2D eigenvalue weighted by atomic mass is 16.6. The van der Waals surface area contributed by atoms with Crippen molar-refractivity contribution in [3.8, 4) is 11.5 Å². The van der Waals surface area contributed by atoms with Crippen LogP contribution in [-0.4, -0.2) is 24.4 Å². The molecule has 0 spiro atoms. The van der Waals surface area contributed by atoms with Gasteiger partial charge in [-0.3, -0.25) is 0 Å². The topological polar surface area (TPSA) is 53.7 Å². The molecule has 1 saturated heterocycles. The molecule has 1 unspecified atom stereocenters. The first-order valence-electron chi connectivity index (χ1n) is 7.01. The number of rotatable bonds is 4. The van der Waals surface area contributed by atoms with Gasteiger partial charge in [0.2, 0.25) is 0 Å². The van der Waals surface area contributed by atoms with Crippen LogP contribution in [0, 0.1) is 0 Å². The maximum absolute atomic E-state index is 6.21. The molecule has 0 aliphatic carbocycles. The third-order valence-corrected chi connectivity index (χ3v) is 3.76. The number of benzene rings is 1. The largest absolute Gasteiger partial charge is 0.497 e. The van der Waals surface area contributed by atoms with Crippen LogP contribution in [0.3, 0.4) is 0 Å². The Kier molecular flexibility index (Phi) is 3.98. The highest BCUT2D eigenvalue weighted by Crippen LogP contribution is 2.40. The van der Waals surface area contributed by atoms with Crippen molar-refractivity contribution in [3.63, 3.8) is 0 Å². The van der Waals surface area contributed by atoms with Gasteiger partial charge < -0.3 is 19.9 Å². The lowest BCUT2D eigenvalue weighted by Crippen LogP contribution is -2.37. The lowest BCUT2D eigenvalue weighted by Gasteiger charge is -2.28. The van der Waals surface area contributed by atoms with Crippen LogP contribution < -0.4 is 15.2 Å². The van der Waals surface area contributed by atoms with Crippen molar-refractivity contribution in [1.29, 1.82) is 0 Å².